The molecule has 0 rings (SSSR count). The number of rotatable bonds is 15. The number of carbonyl (C=O) groups is 3. The average Bonchev–Trinajstić information content (AvgIpc) is 2.52. The van der Waals surface area contributed by atoms with E-state index in [-0.39, 0.29) is 29.6 Å². The van der Waals surface area contributed by atoms with Crippen LogP contribution in [0, 0.1) is 0 Å². The standard InChI is InChI=1S/C12H23O.C6H8O7.Na/c1-2-3-4-5-6-7-8-9-10-11-12-13;7-3(8)1-6(13,5(11)12)2-4(9)10;/h2-11H2,1H3;13H,1-2H2,(H,7,8)(H,9,10)(H,11,12);/q-1;;+1. The maximum atomic E-state index is 10.3. The Labute approximate surface area is 182 Å². The number of unbranched alkanes of at least 4 members (excludes halogenated alkanes) is 9. The van der Waals surface area contributed by atoms with E-state index in [9.17, 15) is 19.2 Å². The van der Waals surface area contributed by atoms with Gasteiger partial charge in [0.1, 0.15) is 0 Å². The molecule has 9 heteroatoms. The van der Waals surface area contributed by atoms with E-state index in [1.807, 2.05) is 6.29 Å². The molecule has 4 N–H and O–H groups in total. The SMILES string of the molecule is CCCCCCCCCCC[C-]=O.O=C(O)CC(O)(CC(=O)O)C(=O)O.[Na+]. The largest absolute Gasteiger partial charge is 1.00 e. The zero-order valence-corrected chi connectivity index (χ0v) is 18.4. The summed E-state index contributed by atoms with van der Waals surface area (Å²) in [7, 11) is 0. The summed E-state index contributed by atoms with van der Waals surface area (Å²) in [6.45, 7) is 2.25. The van der Waals surface area contributed by atoms with Crippen LogP contribution in [0.3, 0.4) is 0 Å². The van der Waals surface area contributed by atoms with Crippen molar-refractivity contribution in [1.82, 2.24) is 0 Å². The normalized spacial score (nSPS) is 10.1. The van der Waals surface area contributed by atoms with E-state index in [0.717, 1.165) is 6.42 Å². The molecule has 0 unspecified atom stereocenters. The van der Waals surface area contributed by atoms with Crippen LogP contribution in [0.1, 0.15) is 84.0 Å². The van der Waals surface area contributed by atoms with Gasteiger partial charge in [0.15, 0.2) is 5.60 Å². The molecule has 0 aliphatic rings. The van der Waals surface area contributed by atoms with Gasteiger partial charge in [-0.3, -0.25) is 15.9 Å². The van der Waals surface area contributed by atoms with Gasteiger partial charge < -0.3 is 25.2 Å². The first-order chi connectivity index (χ1) is 12.2. The maximum absolute atomic E-state index is 10.3. The Morgan fingerprint density at radius 3 is 1.44 bits per heavy atom. The van der Waals surface area contributed by atoms with E-state index in [1.54, 1.807) is 0 Å². The number of hydrogen-bond acceptors (Lipinski definition) is 5. The second kappa shape index (κ2) is 19.8. The molecule has 0 amide bonds. The molecular formula is C18H31NaO8. The summed E-state index contributed by atoms with van der Waals surface area (Å²) in [5.41, 5.74) is -2.74. The van der Waals surface area contributed by atoms with Crippen molar-refractivity contribution in [3.05, 3.63) is 0 Å². The molecule has 8 nitrogen and oxygen atoms in total. The number of aliphatic carboxylic acids is 3. The second-order valence-electron chi connectivity index (χ2n) is 6.20. The summed E-state index contributed by atoms with van der Waals surface area (Å²) in [6, 6.07) is 0. The molecule has 152 valence electrons. The first-order valence-corrected chi connectivity index (χ1v) is 8.94. The zero-order valence-electron chi connectivity index (χ0n) is 16.4. The fourth-order valence-corrected chi connectivity index (χ4v) is 2.22. The van der Waals surface area contributed by atoms with Crippen LogP contribution in [0.4, 0.5) is 0 Å². The van der Waals surface area contributed by atoms with E-state index in [0.29, 0.717) is 6.42 Å². The molecular weight excluding hydrogens is 367 g/mol. The van der Waals surface area contributed by atoms with Crippen LogP contribution in [-0.2, 0) is 19.2 Å². The molecule has 0 aromatic heterocycles. The van der Waals surface area contributed by atoms with Gasteiger partial charge in [-0.15, -0.1) is 0 Å². The van der Waals surface area contributed by atoms with Crippen LogP contribution in [0.25, 0.3) is 0 Å². The maximum Gasteiger partial charge on any atom is 1.00 e. The first-order valence-electron chi connectivity index (χ1n) is 8.94. The monoisotopic (exact) mass is 398 g/mol. The van der Waals surface area contributed by atoms with Crippen molar-refractivity contribution in [1.29, 1.82) is 0 Å². The predicted octanol–water partition coefficient (Wildman–Crippen LogP) is -0.227. The molecule has 0 atom stereocenters. The van der Waals surface area contributed by atoms with Crippen molar-refractivity contribution in [3.8, 4) is 0 Å². The zero-order chi connectivity index (χ0) is 20.4. The molecule has 0 radical (unpaired) electrons. The van der Waals surface area contributed by atoms with Crippen LogP contribution in [-0.4, -0.2) is 50.2 Å². The van der Waals surface area contributed by atoms with Gasteiger partial charge >= 0.3 is 47.5 Å². The van der Waals surface area contributed by atoms with Gasteiger partial charge in [0.25, 0.3) is 0 Å². The Balaban J connectivity index is -0.000000411. The van der Waals surface area contributed by atoms with Crippen molar-refractivity contribution in [2.75, 3.05) is 0 Å². The first kappa shape index (κ1) is 30.8. The smallest absolute Gasteiger partial charge is 0.542 e. The second-order valence-corrected chi connectivity index (χ2v) is 6.20. The van der Waals surface area contributed by atoms with Crippen LogP contribution in [0.15, 0.2) is 0 Å². The van der Waals surface area contributed by atoms with Gasteiger partial charge in [0.05, 0.1) is 12.8 Å². The molecule has 0 heterocycles. The van der Waals surface area contributed by atoms with Gasteiger partial charge in [-0.05, 0) is 0 Å². The van der Waals surface area contributed by atoms with Crippen molar-refractivity contribution < 1.29 is 69.2 Å². The Morgan fingerprint density at radius 2 is 1.15 bits per heavy atom. The minimum absolute atomic E-state index is 0. The number of carboxylic acids is 3. The molecule has 0 spiro atoms. The van der Waals surface area contributed by atoms with Gasteiger partial charge in [0, 0.05) is 0 Å². The Morgan fingerprint density at radius 1 is 0.778 bits per heavy atom. The minimum Gasteiger partial charge on any atom is -0.542 e. The van der Waals surface area contributed by atoms with E-state index in [4.69, 9.17) is 20.4 Å². The van der Waals surface area contributed by atoms with E-state index >= 15 is 0 Å². The molecule has 0 bridgehead atoms. The Bertz CT molecular complexity index is 410. The van der Waals surface area contributed by atoms with Crippen molar-refractivity contribution >= 4 is 24.2 Å². The molecule has 0 aliphatic carbocycles. The van der Waals surface area contributed by atoms with E-state index in [1.165, 1.54) is 51.4 Å². The van der Waals surface area contributed by atoms with Gasteiger partial charge in [-0.1, -0.05) is 64.7 Å². The third-order valence-corrected chi connectivity index (χ3v) is 3.67. The predicted molar refractivity (Wildman–Crippen MR) is 94.6 cm³/mol. The summed E-state index contributed by atoms with van der Waals surface area (Å²) < 4.78 is 0. The quantitative estimate of drug-likeness (QED) is 0.168. The molecule has 0 saturated carbocycles. The fraction of sp³-hybridized carbons (Fsp3) is 0.778. The van der Waals surface area contributed by atoms with Gasteiger partial charge in [-0.2, -0.15) is 6.42 Å². The van der Waals surface area contributed by atoms with Crippen molar-refractivity contribution in [2.45, 2.75) is 89.6 Å². The topological polar surface area (TPSA) is 149 Å². The summed E-state index contributed by atoms with van der Waals surface area (Å²) in [5.74, 6) is -5.02. The molecule has 0 aromatic carbocycles. The number of hydrogen-bond donors (Lipinski definition) is 4. The average molecular weight is 398 g/mol. The van der Waals surface area contributed by atoms with Crippen molar-refractivity contribution in [2.24, 2.45) is 0 Å². The summed E-state index contributed by atoms with van der Waals surface area (Å²) >= 11 is 0. The Hall–Kier alpha value is -0.960. The number of carboxylic acid groups (broad SMARTS) is 3. The van der Waals surface area contributed by atoms with Crippen LogP contribution < -0.4 is 29.6 Å². The summed E-state index contributed by atoms with van der Waals surface area (Å²) in [4.78, 5) is 40.4. The van der Waals surface area contributed by atoms with E-state index in [2.05, 4.69) is 6.92 Å². The van der Waals surface area contributed by atoms with Crippen molar-refractivity contribution in [3.63, 3.8) is 0 Å². The minimum atomic E-state index is -2.74. The molecule has 0 aliphatic heterocycles. The third-order valence-electron chi connectivity index (χ3n) is 3.67. The van der Waals surface area contributed by atoms with E-state index < -0.39 is 36.4 Å². The fourth-order valence-electron chi connectivity index (χ4n) is 2.22. The van der Waals surface area contributed by atoms with Crippen LogP contribution in [0.2, 0.25) is 0 Å². The van der Waals surface area contributed by atoms with Gasteiger partial charge in [0.2, 0.25) is 0 Å². The number of aliphatic hydroxyl groups is 1. The third kappa shape index (κ3) is 21.2. The summed E-state index contributed by atoms with van der Waals surface area (Å²) in [6.07, 6.45) is 12.1. The molecule has 0 aromatic rings. The van der Waals surface area contributed by atoms with Crippen LogP contribution in [0.5, 0.6) is 0 Å². The van der Waals surface area contributed by atoms with Crippen LogP contribution >= 0.6 is 0 Å². The molecule has 27 heavy (non-hydrogen) atoms. The number of carbonyl (C=O) groups excluding carboxylic acids is 1. The van der Waals surface area contributed by atoms with Gasteiger partial charge in [-0.25, -0.2) is 4.79 Å². The summed E-state index contributed by atoms with van der Waals surface area (Å²) in [5, 5.41) is 33.8. The molecule has 0 fully saturated rings. The Kier molecular flexibility index (Phi) is 22.5. The molecule has 0 saturated heterocycles.